The van der Waals surface area contributed by atoms with E-state index in [1.807, 2.05) is 6.08 Å². The second-order valence-corrected chi connectivity index (χ2v) is 4.26. The van der Waals surface area contributed by atoms with E-state index in [0.717, 1.165) is 32.6 Å². The topological polar surface area (TPSA) is 71.5 Å². The largest absolute Gasteiger partial charge is 0.433 e. The van der Waals surface area contributed by atoms with E-state index in [-0.39, 0.29) is 36.7 Å². The smallest absolute Gasteiger partial charge is 0.404 e. The minimum absolute atomic E-state index is 0. The van der Waals surface area contributed by atoms with Gasteiger partial charge >= 0.3 is 5.88 Å². The molecule has 0 aromatic carbocycles. The van der Waals surface area contributed by atoms with Crippen LogP contribution in [0.3, 0.4) is 0 Å². The minimum atomic E-state index is -0.508. The Morgan fingerprint density at radius 3 is 2.60 bits per heavy atom. The fourth-order valence-electron chi connectivity index (χ4n) is 2.22. The summed E-state index contributed by atoms with van der Waals surface area (Å²) in [7, 11) is 0. The first-order chi connectivity index (χ1) is 8.72. The van der Waals surface area contributed by atoms with E-state index >= 15 is 0 Å². The van der Waals surface area contributed by atoms with E-state index in [1.165, 1.54) is 6.07 Å². The Labute approximate surface area is 130 Å². The van der Waals surface area contributed by atoms with Crippen molar-refractivity contribution in [3.8, 4) is 0 Å². The summed E-state index contributed by atoms with van der Waals surface area (Å²) in [6.45, 7) is 7.42. The number of hydrogen-bond donors (Lipinski definition) is 1. The monoisotopic (exact) mass is 323 g/mol. The molecule has 1 fully saturated rings. The molecule has 8 heteroatoms. The van der Waals surface area contributed by atoms with E-state index in [4.69, 9.17) is 4.42 Å². The number of halogens is 2. The van der Waals surface area contributed by atoms with Crippen molar-refractivity contribution in [3.05, 3.63) is 40.7 Å². The molecule has 6 nitrogen and oxygen atoms in total. The van der Waals surface area contributed by atoms with E-state index in [9.17, 15) is 10.1 Å². The van der Waals surface area contributed by atoms with Crippen LogP contribution in [-0.4, -0.2) is 36.0 Å². The molecule has 114 valence electrons. The molecule has 2 heterocycles. The molecular formula is C12H19Cl2N3O3. The molecule has 0 amide bonds. The van der Waals surface area contributed by atoms with Crippen molar-refractivity contribution in [2.45, 2.75) is 12.5 Å². The number of nitrogens with zero attached hydrogens (tertiary/aromatic N) is 2. The van der Waals surface area contributed by atoms with Gasteiger partial charge in [-0.3, -0.25) is 15.0 Å². The van der Waals surface area contributed by atoms with Crippen molar-refractivity contribution < 1.29 is 9.34 Å². The fourth-order valence-corrected chi connectivity index (χ4v) is 2.22. The van der Waals surface area contributed by atoms with Gasteiger partial charge in [0.1, 0.15) is 10.7 Å². The third kappa shape index (κ3) is 4.49. The molecule has 0 spiro atoms. The third-order valence-corrected chi connectivity index (χ3v) is 3.10. The zero-order valence-electron chi connectivity index (χ0n) is 11.0. The van der Waals surface area contributed by atoms with Gasteiger partial charge in [0.15, 0.2) is 0 Å². The average Bonchev–Trinajstić information content (AvgIpc) is 2.86. The molecule has 1 atom stereocenters. The van der Waals surface area contributed by atoms with Gasteiger partial charge in [-0.2, -0.15) is 0 Å². The molecule has 1 aromatic heterocycles. The molecule has 2 rings (SSSR count). The summed E-state index contributed by atoms with van der Waals surface area (Å²) < 4.78 is 5.30. The molecule has 0 saturated carbocycles. The summed E-state index contributed by atoms with van der Waals surface area (Å²) in [5.41, 5.74) is 0. The van der Waals surface area contributed by atoms with E-state index in [2.05, 4.69) is 16.8 Å². The van der Waals surface area contributed by atoms with E-state index in [0.29, 0.717) is 5.76 Å². The zero-order chi connectivity index (χ0) is 13.0. The summed E-state index contributed by atoms with van der Waals surface area (Å²) in [5.74, 6) is 0.442. The number of rotatable bonds is 5. The molecule has 0 bridgehead atoms. The highest BCUT2D eigenvalue weighted by molar-refractivity contribution is 5.85. The number of nitrogens with one attached hydrogen (secondary N) is 1. The van der Waals surface area contributed by atoms with Crippen LogP contribution in [0.15, 0.2) is 29.2 Å². The summed E-state index contributed by atoms with van der Waals surface area (Å²) in [4.78, 5) is 12.4. The van der Waals surface area contributed by atoms with Gasteiger partial charge in [-0.05, 0) is 12.5 Å². The Hall–Kier alpha value is -1.08. The van der Waals surface area contributed by atoms with Crippen molar-refractivity contribution in [2.75, 3.05) is 26.2 Å². The first-order valence-corrected chi connectivity index (χ1v) is 6.02. The molecule has 1 aromatic rings. The van der Waals surface area contributed by atoms with Crippen LogP contribution in [0.25, 0.3) is 0 Å². The molecule has 20 heavy (non-hydrogen) atoms. The van der Waals surface area contributed by atoms with Gasteiger partial charge in [-0.1, -0.05) is 6.08 Å². The Balaban J connectivity index is 0.00000180. The average molecular weight is 324 g/mol. The fraction of sp³-hybridized carbons (Fsp3) is 0.500. The van der Waals surface area contributed by atoms with Crippen molar-refractivity contribution in [1.82, 2.24) is 10.2 Å². The van der Waals surface area contributed by atoms with E-state index < -0.39 is 4.92 Å². The predicted molar refractivity (Wildman–Crippen MR) is 81.9 cm³/mol. The molecular weight excluding hydrogens is 305 g/mol. The molecule has 1 N–H and O–H groups in total. The molecule has 0 radical (unpaired) electrons. The quantitative estimate of drug-likeness (QED) is 0.512. The highest BCUT2D eigenvalue weighted by Gasteiger charge is 2.25. The maximum Gasteiger partial charge on any atom is 0.433 e. The highest BCUT2D eigenvalue weighted by Crippen LogP contribution is 2.29. The summed E-state index contributed by atoms with van der Waals surface area (Å²) >= 11 is 0. The first-order valence-electron chi connectivity index (χ1n) is 6.02. The number of piperazine rings is 1. The lowest BCUT2D eigenvalue weighted by molar-refractivity contribution is -0.402. The minimum Gasteiger partial charge on any atom is -0.404 e. The van der Waals surface area contributed by atoms with Crippen LogP contribution in [0.4, 0.5) is 5.88 Å². The van der Waals surface area contributed by atoms with Gasteiger partial charge in [0.25, 0.3) is 0 Å². The number of nitro groups is 1. The van der Waals surface area contributed by atoms with Crippen LogP contribution in [0.2, 0.25) is 0 Å². The molecule has 1 aliphatic heterocycles. The van der Waals surface area contributed by atoms with Crippen LogP contribution in [0.1, 0.15) is 18.2 Å². The summed E-state index contributed by atoms with van der Waals surface area (Å²) in [5, 5.41) is 13.9. The summed E-state index contributed by atoms with van der Waals surface area (Å²) in [6.07, 6.45) is 2.55. The van der Waals surface area contributed by atoms with Gasteiger partial charge < -0.3 is 9.73 Å². The molecule has 1 saturated heterocycles. The van der Waals surface area contributed by atoms with Crippen molar-refractivity contribution in [3.63, 3.8) is 0 Å². The van der Waals surface area contributed by atoms with Crippen molar-refractivity contribution in [2.24, 2.45) is 0 Å². The van der Waals surface area contributed by atoms with Crippen molar-refractivity contribution in [1.29, 1.82) is 0 Å². The van der Waals surface area contributed by atoms with Gasteiger partial charge in [0.2, 0.25) is 0 Å². The first kappa shape index (κ1) is 18.9. The van der Waals surface area contributed by atoms with Crippen LogP contribution >= 0.6 is 24.8 Å². The summed E-state index contributed by atoms with van der Waals surface area (Å²) in [6, 6.07) is 3.14. The zero-order valence-corrected chi connectivity index (χ0v) is 12.6. The Kier molecular flexibility index (Phi) is 8.48. The second kappa shape index (κ2) is 8.97. The van der Waals surface area contributed by atoms with Crippen LogP contribution in [-0.2, 0) is 0 Å². The maximum atomic E-state index is 10.6. The number of hydrogen-bond acceptors (Lipinski definition) is 5. The number of furan rings is 1. The van der Waals surface area contributed by atoms with Crippen LogP contribution in [0.5, 0.6) is 0 Å². The maximum absolute atomic E-state index is 10.6. The Morgan fingerprint density at radius 1 is 1.45 bits per heavy atom. The second-order valence-electron chi connectivity index (χ2n) is 4.26. The normalized spacial score (nSPS) is 16.6. The van der Waals surface area contributed by atoms with Crippen LogP contribution in [0, 0.1) is 10.1 Å². The molecule has 0 aliphatic carbocycles. The lowest BCUT2D eigenvalue weighted by atomic mass is 10.1. The Morgan fingerprint density at radius 2 is 2.10 bits per heavy atom. The van der Waals surface area contributed by atoms with Crippen molar-refractivity contribution >= 4 is 30.7 Å². The van der Waals surface area contributed by atoms with Gasteiger partial charge in [-0.25, -0.2) is 0 Å². The highest BCUT2D eigenvalue weighted by atomic mass is 35.5. The van der Waals surface area contributed by atoms with Gasteiger partial charge in [0.05, 0.1) is 12.1 Å². The predicted octanol–water partition coefficient (Wildman–Crippen LogP) is 2.55. The van der Waals surface area contributed by atoms with Gasteiger partial charge in [-0.15, -0.1) is 31.4 Å². The SMILES string of the molecule is C=CC[C@H](c1ccc([N+](=O)[O-])o1)N1CCNCC1.Cl.Cl. The van der Waals surface area contributed by atoms with E-state index in [1.54, 1.807) is 6.07 Å². The Bertz CT molecular complexity index is 433. The third-order valence-electron chi connectivity index (χ3n) is 3.10. The molecule has 0 unspecified atom stereocenters. The standard InChI is InChI=1S/C12H17N3O3.2ClH/c1-2-3-10(14-8-6-13-7-9-14)11-4-5-12(18-11)15(16)17;;/h2,4-5,10,13H,1,3,6-9H2;2*1H/t10-;;/m1../s1. The lowest BCUT2D eigenvalue weighted by Crippen LogP contribution is -2.45. The lowest BCUT2D eigenvalue weighted by Gasteiger charge is -2.33. The van der Waals surface area contributed by atoms with Gasteiger partial charge in [0, 0.05) is 26.2 Å². The van der Waals surface area contributed by atoms with Crippen LogP contribution < -0.4 is 5.32 Å². The molecule has 1 aliphatic rings.